The number of hydrogen-bond acceptors (Lipinski definition) is 5. The minimum absolute atomic E-state index is 0.270. The van der Waals surface area contributed by atoms with Crippen LogP contribution in [-0.4, -0.2) is 25.8 Å². The smallest absolute Gasteiger partial charge is 0.215 e. The van der Waals surface area contributed by atoms with E-state index in [4.69, 9.17) is 4.74 Å². The van der Waals surface area contributed by atoms with Crippen LogP contribution in [0.3, 0.4) is 0 Å². The van der Waals surface area contributed by atoms with E-state index in [1.54, 1.807) is 19.4 Å². The van der Waals surface area contributed by atoms with Crippen LogP contribution in [0.5, 0.6) is 5.88 Å². The van der Waals surface area contributed by atoms with Gasteiger partial charge in [0.05, 0.1) is 7.11 Å². The summed E-state index contributed by atoms with van der Waals surface area (Å²) in [6.07, 6.45) is 1.71. The van der Waals surface area contributed by atoms with Crippen LogP contribution in [0, 0.1) is 0 Å². The molecule has 0 bridgehead atoms. The second-order valence-electron chi connectivity index (χ2n) is 4.84. The average Bonchev–Trinajstić information content (AvgIpc) is 2.59. The Balaban J connectivity index is 1.95. The van der Waals surface area contributed by atoms with E-state index < -0.39 is 11.3 Å². The Morgan fingerprint density at radius 3 is 2.65 bits per heavy atom. The molecule has 2 aromatic heterocycles. The SMILES string of the molecule is COc1ccc2c(-c3ccc(CNS(=O)[O-])cc3)ccnc2n1. The molecule has 0 fully saturated rings. The van der Waals surface area contributed by atoms with Crippen molar-refractivity contribution in [2.75, 3.05) is 7.11 Å². The van der Waals surface area contributed by atoms with E-state index in [1.807, 2.05) is 36.4 Å². The predicted octanol–water partition coefficient (Wildman–Crippen LogP) is 2.19. The maximum Gasteiger partial charge on any atom is 0.215 e. The molecule has 0 radical (unpaired) electrons. The van der Waals surface area contributed by atoms with E-state index in [0.29, 0.717) is 11.5 Å². The number of benzene rings is 1. The van der Waals surface area contributed by atoms with Crippen molar-refractivity contribution in [3.8, 4) is 17.0 Å². The summed E-state index contributed by atoms with van der Waals surface area (Å²) in [5, 5.41) is 0.930. The Bertz CT molecular complexity index is 853. The van der Waals surface area contributed by atoms with Crippen molar-refractivity contribution in [3.05, 3.63) is 54.2 Å². The maximum atomic E-state index is 10.5. The number of ether oxygens (including phenoxy) is 1. The number of nitrogens with zero attached hydrogens (tertiary/aromatic N) is 2. The van der Waals surface area contributed by atoms with Crippen LogP contribution in [0.15, 0.2) is 48.7 Å². The van der Waals surface area contributed by atoms with Gasteiger partial charge in [-0.05, 0) is 28.8 Å². The highest BCUT2D eigenvalue weighted by Gasteiger charge is 2.07. The second-order valence-corrected chi connectivity index (χ2v) is 5.59. The number of nitrogens with one attached hydrogen (secondary N) is 1. The number of fused-ring (bicyclic) bond motifs is 1. The first kappa shape index (κ1) is 15.5. The predicted molar refractivity (Wildman–Crippen MR) is 87.3 cm³/mol. The lowest BCUT2D eigenvalue weighted by molar-refractivity contribution is 0.399. The van der Waals surface area contributed by atoms with Gasteiger partial charge in [-0.3, -0.25) is 4.21 Å². The molecule has 0 spiro atoms. The van der Waals surface area contributed by atoms with E-state index in [-0.39, 0.29) is 6.54 Å². The van der Waals surface area contributed by atoms with Crippen molar-refractivity contribution in [3.63, 3.8) is 0 Å². The van der Waals surface area contributed by atoms with Gasteiger partial charge in [0.15, 0.2) is 5.65 Å². The maximum absolute atomic E-state index is 10.5. The molecule has 3 aromatic rings. The Hall–Kier alpha value is -2.35. The molecular formula is C16H14N3O3S-. The number of hydrogen-bond donors (Lipinski definition) is 1. The van der Waals surface area contributed by atoms with Gasteiger partial charge in [-0.2, -0.15) is 4.98 Å². The van der Waals surface area contributed by atoms with E-state index in [0.717, 1.165) is 22.1 Å². The van der Waals surface area contributed by atoms with Crippen LogP contribution < -0.4 is 9.46 Å². The molecule has 6 nitrogen and oxygen atoms in total. The third-order valence-corrected chi connectivity index (χ3v) is 3.83. The highest BCUT2D eigenvalue weighted by atomic mass is 32.2. The standard InChI is InChI=1S/C16H15N3O3S/c1-22-15-7-6-14-13(8-9-17-16(14)19-15)12-4-2-11(3-5-12)10-18-23(20)21/h2-9,18H,10H2,1H3,(H,20,21)/p-1. The summed E-state index contributed by atoms with van der Waals surface area (Å²) >= 11 is -2.26. The van der Waals surface area contributed by atoms with Crippen molar-refractivity contribution in [2.24, 2.45) is 0 Å². The van der Waals surface area contributed by atoms with E-state index in [9.17, 15) is 8.76 Å². The topological polar surface area (TPSA) is 87.2 Å². The minimum Gasteiger partial charge on any atom is -0.760 e. The average molecular weight is 328 g/mol. The lowest BCUT2D eigenvalue weighted by Gasteiger charge is -2.09. The fourth-order valence-electron chi connectivity index (χ4n) is 2.32. The molecule has 2 heterocycles. The van der Waals surface area contributed by atoms with Crippen LogP contribution in [0.4, 0.5) is 0 Å². The van der Waals surface area contributed by atoms with Gasteiger partial charge < -0.3 is 9.29 Å². The summed E-state index contributed by atoms with van der Waals surface area (Å²) in [7, 11) is 1.57. The van der Waals surface area contributed by atoms with Crippen LogP contribution in [-0.2, 0) is 17.8 Å². The third kappa shape index (κ3) is 3.53. The molecule has 0 amide bonds. The van der Waals surface area contributed by atoms with Crippen LogP contribution >= 0.6 is 0 Å². The van der Waals surface area contributed by atoms with Crippen LogP contribution in [0.1, 0.15) is 5.56 Å². The van der Waals surface area contributed by atoms with E-state index >= 15 is 0 Å². The molecule has 1 unspecified atom stereocenters. The lowest BCUT2D eigenvalue weighted by Crippen LogP contribution is -2.15. The first-order chi connectivity index (χ1) is 11.2. The first-order valence-electron chi connectivity index (χ1n) is 6.89. The molecule has 3 rings (SSSR count). The molecule has 0 saturated carbocycles. The second kappa shape index (κ2) is 6.82. The van der Waals surface area contributed by atoms with E-state index in [2.05, 4.69) is 14.7 Å². The van der Waals surface area contributed by atoms with Gasteiger partial charge in [-0.15, -0.1) is 0 Å². The number of methoxy groups -OCH3 is 1. The van der Waals surface area contributed by atoms with Gasteiger partial charge in [0.2, 0.25) is 5.88 Å². The van der Waals surface area contributed by atoms with Crippen molar-refractivity contribution in [2.45, 2.75) is 6.54 Å². The van der Waals surface area contributed by atoms with Gasteiger partial charge in [0.25, 0.3) is 0 Å². The number of rotatable bonds is 5. The van der Waals surface area contributed by atoms with Gasteiger partial charge in [-0.1, -0.05) is 24.3 Å². The Kier molecular flexibility index (Phi) is 4.61. The first-order valence-corrected chi connectivity index (χ1v) is 7.96. The summed E-state index contributed by atoms with van der Waals surface area (Å²) in [4.78, 5) is 8.61. The zero-order chi connectivity index (χ0) is 16.2. The largest absolute Gasteiger partial charge is 0.760 e. The highest BCUT2D eigenvalue weighted by Crippen LogP contribution is 2.28. The zero-order valence-electron chi connectivity index (χ0n) is 12.4. The van der Waals surface area contributed by atoms with Crippen LogP contribution in [0.2, 0.25) is 0 Å². The molecule has 0 saturated heterocycles. The Labute approximate surface area is 136 Å². The molecule has 1 atom stereocenters. The van der Waals surface area contributed by atoms with Gasteiger partial charge >= 0.3 is 0 Å². The molecule has 0 aliphatic carbocycles. The molecule has 0 aliphatic rings. The fraction of sp³-hybridized carbons (Fsp3) is 0.125. The van der Waals surface area contributed by atoms with Crippen molar-refractivity contribution < 1.29 is 13.5 Å². The molecule has 1 aromatic carbocycles. The monoisotopic (exact) mass is 328 g/mol. The molecule has 118 valence electrons. The Morgan fingerprint density at radius 1 is 1.17 bits per heavy atom. The van der Waals surface area contributed by atoms with Crippen LogP contribution in [0.25, 0.3) is 22.2 Å². The quantitative estimate of drug-likeness (QED) is 0.725. The normalized spacial score (nSPS) is 12.3. The van der Waals surface area contributed by atoms with Gasteiger partial charge in [0, 0.05) is 35.5 Å². The van der Waals surface area contributed by atoms with E-state index in [1.165, 1.54) is 0 Å². The fourth-order valence-corrected chi connectivity index (χ4v) is 2.61. The third-order valence-electron chi connectivity index (χ3n) is 3.45. The minimum atomic E-state index is -2.26. The van der Waals surface area contributed by atoms with Crippen molar-refractivity contribution >= 4 is 22.3 Å². The van der Waals surface area contributed by atoms with Gasteiger partial charge in [-0.25, -0.2) is 9.71 Å². The zero-order valence-corrected chi connectivity index (χ0v) is 13.2. The molecule has 0 aliphatic heterocycles. The summed E-state index contributed by atoms with van der Waals surface area (Å²) in [5.74, 6) is 0.522. The van der Waals surface area contributed by atoms with Crippen molar-refractivity contribution in [1.29, 1.82) is 0 Å². The molecule has 23 heavy (non-hydrogen) atoms. The lowest BCUT2D eigenvalue weighted by atomic mass is 10.0. The summed E-state index contributed by atoms with van der Waals surface area (Å²) < 4.78 is 28.5. The van der Waals surface area contributed by atoms with Crippen molar-refractivity contribution in [1.82, 2.24) is 14.7 Å². The molecule has 7 heteroatoms. The Morgan fingerprint density at radius 2 is 1.96 bits per heavy atom. The number of pyridine rings is 2. The summed E-state index contributed by atoms with van der Waals surface area (Å²) in [5.41, 5.74) is 3.53. The molecular weight excluding hydrogens is 314 g/mol. The summed E-state index contributed by atoms with van der Waals surface area (Å²) in [6, 6.07) is 13.3. The summed E-state index contributed by atoms with van der Waals surface area (Å²) in [6.45, 7) is 0.270. The highest BCUT2D eigenvalue weighted by molar-refractivity contribution is 7.77. The van der Waals surface area contributed by atoms with Gasteiger partial charge in [0.1, 0.15) is 0 Å². The number of aromatic nitrogens is 2. The molecule has 1 N–H and O–H groups in total.